The quantitative estimate of drug-likeness (QED) is 0.839. The molecule has 2 rings (SSSR count). The zero-order valence-electron chi connectivity index (χ0n) is 13.8. The molecule has 1 aliphatic heterocycles. The van der Waals surface area contributed by atoms with Gasteiger partial charge in [0.25, 0.3) is 0 Å². The first-order valence-electron chi connectivity index (χ1n) is 8.64. The second kappa shape index (κ2) is 7.77. The van der Waals surface area contributed by atoms with Gasteiger partial charge in [0.15, 0.2) is 0 Å². The number of ether oxygens (including phenoxy) is 1. The Bertz CT molecular complexity index is 272. The number of nitrogens with zero attached hydrogens (tertiary/aromatic N) is 1. The van der Waals surface area contributed by atoms with Gasteiger partial charge in [-0.2, -0.15) is 0 Å². The predicted octanol–water partition coefficient (Wildman–Crippen LogP) is 2.90. The van der Waals surface area contributed by atoms with Crippen LogP contribution in [0.5, 0.6) is 0 Å². The SMILES string of the molecule is CCCNC1CCC(C)(C)CC1CN1CCCOCC1. The molecule has 0 aromatic rings. The smallest absolute Gasteiger partial charge is 0.0593 e. The van der Waals surface area contributed by atoms with Crippen LogP contribution in [0.3, 0.4) is 0 Å². The monoisotopic (exact) mass is 282 g/mol. The van der Waals surface area contributed by atoms with Gasteiger partial charge in [-0.25, -0.2) is 0 Å². The summed E-state index contributed by atoms with van der Waals surface area (Å²) in [4.78, 5) is 2.64. The lowest BCUT2D eigenvalue weighted by Crippen LogP contribution is -2.48. The van der Waals surface area contributed by atoms with Crippen molar-refractivity contribution in [1.29, 1.82) is 0 Å². The van der Waals surface area contributed by atoms with Crippen molar-refractivity contribution in [1.82, 2.24) is 10.2 Å². The van der Waals surface area contributed by atoms with Gasteiger partial charge in [0.2, 0.25) is 0 Å². The van der Waals surface area contributed by atoms with Crippen LogP contribution in [0.4, 0.5) is 0 Å². The Morgan fingerprint density at radius 3 is 2.90 bits per heavy atom. The molecule has 0 aromatic heterocycles. The third-order valence-electron chi connectivity index (χ3n) is 4.98. The molecule has 0 amide bonds. The summed E-state index contributed by atoms with van der Waals surface area (Å²) in [7, 11) is 0. The molecule has 3 heteroatoms. The summed E-state index contributed by atoms with van der Waals surface area (Å²) in [6.07, 6.45) is 6.52. The average molecular weight is 282 g/mol. The van der Waals surface area contributed by atoms with Crippen LogP contribution in [0, 0.1) is 11.3 Å². The zero-order chi connectivity index (χ0) is 14.4. The fourth-order valence-electron chi connectivity index (χ4n) is 3.84. The van der Waals surface area contributed by atoms with Gasteiger partial charge in [0, 0.05) is 32.3 Å². The molecule has 2 unspecified atom stereocenters. The largest absolute Gasteiger partial charge is 0.380 e. The summed E-state index contributed by atoms with van der Waals surface area (Å²) in [5.74, 6) is 0.809. The third-order valence-corrected chi connectivity index (χ3v) is 4.98. The molecule has 1 heterocycles. The van der Waals surface area contributed by atoms with E-state index in [0.29, 0.717) is 5.41 Å². The molecule has 2 atom stereocenters. The first kappa shape index (κ1) is 16.3. The molecule has 1 aliphatic carbocycles. The van der Waals surface area contributed by atoms with Crippen LogP contribution in [0.15, 0.2) is 0 Å². The van der Waals surface area contributed by atoms with Crippen molar-refractivity contribution >= 4 is 0 Å². The molecule has 2 aliphatic rings. The summed E-state index contributed by atoms with van der Waals surface area (Å²) in [5.41, 5.74) is 0.525. The van der Waals surface area contributed by atoms with Crippen molar-refractivity contribution in [3.8, 4) is 0 Å². The summed E-state index contributed by atoms with van der Waals surface area (Å²) >= 11 is 0. The molecule has 0 aromatic carbocycles. The summed E-state index contributed by atoms with van der Waals surface area (Å²) in [6, 6.07) is 0.729. The van der Waals surface area contributed by atoms with Gasteiger partial charge in [0.1, 0.15) is 0 Å². The molecular weight excluding hydrogens is 248 g/mol. The Balaban J connectivity index is 1.91. The highest BCUT2D eigenvalue weighted by Crippen LogP contribution is 2.39. The number of nitrogens with one attached hydrogen (secondary N) is 1. The molecule has 118 valence electrons. The first-order valence-corrected chi connectivity index (χ1v) is 8.64. The van der Waals surface area contributed by atoms with Gasteiger partial charge in [-0.1, -0.05) is 20.8 Å². The lowest BCUT2D eigenvalue weighted by molar-refractivity contribution is 0.0945. The van der Waals surface area contributed by atoms with Crippen LogP contribution < -0.4 is 5.32 Å². The molecule has 0 bridgehead atoms. The zero-order valence-corrected chi connectivity index (χ0v) is 13.8. The lowest BCUT2D eigenvalue weighted by Gasteiger charge is -2.43. The van der Waals surface area contributed by atoms with Crippen LogP contribution in [0.1, 0.15) is 52.9 Å². The highest BCUT2D eigenvalue weighted by atomic mass is 16.5. The number of rotatable bonds is 5. The van der Waals surface area contributed by atoms with E-state index in [0.717, 1.165) is 31.7 Å². The lowest BCUT2D eigenvalue weighted by atomic mass is 9.69. The van der Waals surface area contributed by atoms with E-state index in [1.54, 1.807) is 0 Å². The van der Waals surface area contributed by atoms with Gasteiger partial charge in [-0.05, 0) is 50.0 Å². The maximum Gasteiger partial charge on any atom is 0.0593 e. The molecule has 0 radical (unpaired) electrons. The van der Waals surface area contributed by atoms with Crippen molar-refractivity contribution in [2.75, 3.05) is 39.4 Å². The van der Waals surface area contributed by atoms with E-state index in [1.807, 2.05) is 0 Å². The molecular formula is C17H34N2O. The Kier molecular flexibility index (Phi) is 6.31. The summed E-state index contributed by atoms with van der Waals surface area (Å²) < 4.78 is 5.59. The topological polar surface area (TPSA) is 24.5 Å². The van der Waals surface area contributed by atoms with Crippen molar-refractivity contribution < 1.29 is 4.74 Å². The molecule has 1 saturated carbocycles. The van der Waals surface area contributed by atoms with Crippen LogP contribution in [-0.4, -0.2) is 50.3 Å². The fraction of sp³-hybridized carbons (Fsp3) is 1.00. The first-order chi connectivity index (χ1) is 9.61. The van der Waals surface area contributed by atoms with Gasteiger partial charge < -0.3 is 15.0 Å². The van der Waals surface area contributed by atoms with E-state index in [2.05, 4.69) is 31.0 Å². The van der Waals surface area contributed by atoms with Crippen LogP contribution in [0.25, 0.3) is 0 Å². The maximum atomic E-state index is 5.59. The van der Waals surface area contributed by atoms with Gasteiger partial charge in [0.05, 0.1) is 6.61 Å². The summed E-state index contributed by atoms with van der Waals surface area (Å²) in [5, 5.41) is 3.81. The average Bonchev–Trinajstić information content (AvgIpc) is 2.66. The highest BCUT2D eigenvalue weighted by Gasteiger charge is 2.35. The normalized spacial score (nSPS) is 31.9. The van der Waals surface area contributed by atoms with E-state index in [4.69, 9.17) is 4.74 Å². The van der Waals surface area contributed by atoms with E-state index in [1.165, 1.54) is 51.7 Å². The second-order valence-electron chi connectivity index (χ2n) is 7.49. The Hall–Kier alpha value is -0.120. The van der Waals surface area contributed by atoms with Crippen molar-refractivity contribution in [3.05, 3.63) is 0 Å². The highest BCUT2D eigenvalue weighted by molar-refractivity contribution is 4.90. The van der Waals surface area contributed by atoms with Crippen molar-refractivity contribution in [2.24, 2.45) is 11.3 Å². The van der Waals surface area contributed by atoms with Gasteiger partial charge in [-0.3, -0.25) is 0 Å². The Morgan fingerprint density at radius 1 is 1.25 bits per heavy atom. The van der Waals surface area contributed by atoms with E-state index < -0.39 is 0 Å². The maximum absolute atomic E-state index is 5.59. The summed E-state index contributed by atoms with van der Waals surface area (Å²) in [6.45, 7) is 13.8. The van der Waals surface area contributed by atoms with Gasteiger partial charge in [-0.15, -0.1) is 0 Å². The van der Waals surface area contributed by atoms with Crippen LogP contribution >= 0.6 is 0 Å². The molecule has 1 N–H and O–H groups in total. The number of hydrogen-bond donors (Lipinski definition) is 1. The minimum Gasteiger partial charge on any atom is -0.380 e. The van der Waals surface area contributed by atoms with Crippen LogP contribution in [0.2, 0.25) is 0 Å². The molecule has 1 saturated heterocycles. The van der Waals surface area contributed by atoms with E-state index >= 15 is 0 Å². The molecule has 0 spiro atoms. The minimum absolute atomic E-state index is 0.525. The Morgan fingerprint density at radius 2 is 2.10 bits per heavy atom. The van der Waals surface area contributed by atoms with Crippen LogP contribution in [-0.2, 0) is 4.74 Å². The standard InChI is InChI=1S/C17H34N2O/c1-4-8-18-16-6-7-17(2,3)13-15(16)14-19-9-5-11-20-12-10-19/h15-16,18H,4-14H2,1-3H3. The minimum atomic E-state index is 0.525. The molecule has 2 fully saturated rings. The van der Waals surface area contributed by atoms with Gasteiger partial charge >= 0.3 is 0 Å². The molecule has 20 heavy (non-hydrogen) atoms. The molecule has 3 nitrogen and oxygen atoms in total. The third kappa shape index (κ3) is 5.01. The second-order valence-corrected chi connectivity index (χ2v) is 7.49. The van der Waals surface area contributed by atoms with E-state index in [9.17, 15) is 0 Å². The fourth-order valence-corrected chi connectivity index (χ4v) is 3.84. The van der Waals surface area contributed by atoms with Crippen molar-refractivity contribution in [3.63, 3.8) is 0 Å². The van der Waals surface area contributed by atoms with E-state index in [-0.39, 0.29) is 0 Å². The van der Waals surface area contributed by atoms with Crippen molar-refractivity contribution in [2.45, 2.75) is 58.9 Å². The Labute approximate surface area is 125 Å². The number of hydrogen-bond acceptors (Lipinski definition) is 3. The predicted molar refractivity (Wildman–Crippen MR) is 85.1 cm³/mol.